The number of rotatable bonds is 4. The molecular formula is C15H28O2. The molecule has 1 fully saturated rings. The van der Waals surface area contributed by atoms with E-state index in [-0.39, 0.29) is 5.41 Å². The van der Waals surface area contributed by atoms with Crippen molar-refractivity contribution in [2.45, 2.75) is 66.7 Å². The molecule has 0 saturated heterocycles. The van der Waals surface area contributed by atoms with Crippen LogP contribution in [0.3, 0.4) is 0 Å². The third-order valence-electron chi connectivity index (χ3n) is 5.48. The van der Waals surface area contributed by atoms with E-state index in [2.05, 4.69) is 34.6 Å². The van der Waals surface area contributed by atoms with Crippen molar-refractivity contribution in [2.24, 2.45) is 22.7 Å². The summed E-state index contributed by atoms with van der Waals surface area (Å²) in [5.74, 6) is 0.419. The molecule has 1 rings (SSSR count). The highest BCUT2D eigenvalue weighted by Crippen LogP contribution is 2.60. The Morgan fingerprint density at radius 2 is 1.94 bits per heavy atom. The van der Waals surface area contributed by atoms with Gasteiger partial charge in [0.05, 0.1) is 5.41 Å². The predicted octanol–water partition coefficient (Wildman–Crippen LogP) is 4.34. The minimum atomic E-state index is -0.567. The summed E-state index contributed by atoms with van der Waals surface area (Å²) in [5.41, 5.74) is -0.520. The topological polar surface area (TPSA) is 37.3 Å². The van der Waals surface area contributed by atoms with Crippen molar-refractivity contribution in [3.8, 4) is 0 Å². The van der Waals surface area contributed by atoms with Crippen LogP contribution in [0.2, 0.25) is 0 Å². The van der Waals surface area contributed by atoms with Gasteiger partial charge in [-0.15, -0.1) is 0 Å². The fourth-order valence-electron chi connectivity index (χ4n) is 4.36. The van der Waals surface area contributed by atoms with E-state index in [0.717, 1.165) is 25.7 Å². The van der Waals surface area contributed by atoms with Crippen molar-refractivity contribution in [1.29, 1.82) is 0 Å². The average molecular weight is 240 g/mol. The summed E-state index contributed by atoms with van der Waals surface area (Å²) >= 11 is 0. The Kier molecular flexibility index (Phi) is 4.27. The van der Waals surface area contributed by atoms with Crippen LogP contribution in [0.25, 0.3) is 0 Å². The molecule has 1 aliphatic carbocycles. The lowest BCUT2D eigenvalue weighted by atomic mass is 9.48. The molecule has 0 heterocycles. The van der Waals surface area contributed by atoms with Gasteiger partial charge in [0.15, 0.2) is 0 Å². The quantitative estimate of drug-likeness (QED) is 0.793. The summed E-state index contributed by atoms with van der Waals surface area (Å²) < 4.78 is 0. The Balaban J connectivity index is 3.28. The van der Waals surface area contributed by atoms with Crippen LogP contribution in [-0.4, -0.2) is 11.1 Å². The van der Waals surface area contributed by atoms with E-state index in [9.17, 15) is 9.90 Å². The van der Waals surface area contributed by atoms with E-state index in [1.54, 1.807) is 0 Å². The van der Waals surface area contributed by atoms with E-state index in [0.29, 0.717) is 11.8 Å². The van der Waals surface area contributed by atoms with Gasteiger partial charge in [0.2, 0.25) is 0 Å². The summed E-state index contributed by atoms with van der Waals surface area (Å²) in [7, 11) is 0. The van der Waals surface area contributed by atoms with E-state index >= 15 is 0 Å². The minimum Gasteiger partial charge on any atom is -0.481 e. The zero-order valence-electron chi connectivity index (χ0n) is 12.0. The summed E-state index contributed by atoms with van der Waals surface area (Å²) in [5, 5.41) is 9.82. The molecule has 2 nitrogen and oxygen atoms in total. The summed E-state index contributed by atoms with van der Waals surface area (Å²) in [6.45, 7) is 10.8. The van der Waals surface area contributed by atoms with Crippen LogP contribution in [0.4, 0.5) is 0 Å². The molecule has 1 aliphatic rings. The molecule has 1 N–H and O–H groups in total. The number of aliphatic carboxylic acids is 1. The van der Waals surface area contributed by atoms with Gasteiger partial charge in [0.25, 0.3) is 0 Å². The number of carboxylic acids is 1. The van der Waals surface area contributed by atoms with Crippen molar-refractivity contribution in [3.05, 3.63) is 0 Å². The number of hydrogen-bond acceptors (Lipinski definition) is 1. The molecule has 0 amide bonds. The van der Waals surface area contributed by atoms with Crippen LogP contribution >= 0.6 is 0 Å². The number of carboxylic acid groups (broad SMARTS) is 1. The van der Waals surface area contributed by atoms with Crippen LogP contribution < -0.4 is 0 Å². The summed E-state index contributed by atoms with van der Waals surface area (Å²) in [6, 6.07) is 0. The lowest BCUT2D eigenvalue weighted by Gasteiger charge is -2.55. The van der Waals surface area contributed by atoms with Crippen LogP contribution in [0.15, 0.2) is 0 Å². The third-order valence-corrected chi connectivity index (χ3v) is 5.48. The van der Waals surface area contributed by atoms with Crippen LogP contribution in [-0.2, 0) is 4.79 Å². The fraction of sp³-hybridized carbons (Fsp3) is 0.933. The molecule has 0 spiro atoms. The van der Waals surface area contributed by atoms with E-state index in [1.807, 2.05) is 0 Å². The van der Waals surface area contributed by atoms with Gasteiger partial charge in [-0.2, -0.15) is 0 Å². The molecule has 0 bridgehead atoms. The van der Waals surface area contributed by atoms with Gasteiger partial charge < -0.3 is 5.11 Å². The first-order chi connectivity index (χ1) is 7.86. The van der Waals surface area contributed by atoms with Gasteiger partial charge in [-0.05, 0) is 42.9 Å². The molecule has 0 aromatic carbocycles. The number of carbonyl (C=O) groups is 1. The van der Waals surface area contributed by atoms with Crippen molar-refractivity contribution < 1.29 is 9.90 Å². The average Bonchev–Trinajstić information content (AvgIpc) is 2.28. The smallest absolute Gasteiger partial charge is 0.310 e. The normalized spacial score (nSPS) is 38.4. The highest BCUT2D eigenvalue weighted by molar-refractivity contribution is 5.76. The summed E-state index contributed by atoms with van der Waals surface area (Å²) in [4.78, 5) is 11.9. The first-order valence-electron chi connectivity index (χ1n) is 7.09. The SMILES string of the molecule is CCC1(C(=O)O)CC(C)CCC1(CC)C(C)C. The van der Waals surface area contributed by atoms with Gasteiger partial charge in [-0.25, -0.2) is 0 Å². The molecule has 17 heavy (non-hydrogen) atoms. The van der Waals surface area contributed by atoms with Crippen molar-refractivity contribution in [3.63, 3.8) is 0 Å². The molecular weight excluding hydrogens is 212 g/mol. The lowest BCUT2D eigenvalue weighted by Crippen LogP contribution is -2.53. The second-order valence-corrected chi connectivity index (χ2v) is 6.25. The van der Waals surface area contributed by atoms with Gasteiger partial charge in [0.1, 0.15) is 0 Å². The highest BCUT2D eigenvalue weighted by Gasteiger charge is 2.57. The maximum Gasteiger partial charge on any atom is 0.310 e. The van der Waals surface area contributed by atoms with Gasteiger partial charge >= 0.3 is 5.97 Å². The fourth-order valence-corrected chi connectivity index (χ4v) is 4.36. The molecule has 0 aliphatic heterocycles. The second kappa shape index (κ2) is 4.99. The molecule has 3 atom stereocenters. The Bertz CT molecular complexity index is 285. The van der Waals surface area contributed by atoms with Crippen molar-refractivity contribution in [2.75, 3.05) is 0 Å². The standard InChI is InChI=1S/C15H28O2/c1-6-14(11(3)4)9-8-12(5)10-15(14,7-2)13(16)17/h11-12H,6-10H2,1-5H3,(H,16,17). The lowest BCUT2D eigenvalue weighted by molar-refractivity contribution is -0.172. The molecule has 3 unspecified atom stereocenters. The molecule has 2 heteroatoms. The molecule has 100 valence electrons. The first-order valence-corrected chi connectivity index (χ1v) is 7.09. The van der Waals surface area contributed by atoms with E-state index in [4.69, 9.17) is 0 Å². The monoisotopic (exact) mass is 240 g/mol. The van der Waals surface area contributed by atoms with E-state index in [1.165, 1.54) is 6.42 Å². The zero-order chi connectivity index (χ0) is 13.3. The molecule has 0 radical (unpaired) electrons. The second-order valence-electron chi connectivity index (χ2n) is 6.25. The predicted molar refractivity (Wildman–Crippen MR) is 70.9 cm³/mol. The van der Waals surface area contributed by atoms with Crippen LogP contribution in [0.5, 0.6) is 0 Å². The van der Waals surface area contributed by atoms with Crippen LogP contribution in [0.1, 0.15) is 66.7 Å². The van der Waals surface area contributed by atoms with Gasteiger partial charge in [0, 0.05) is 0 Å². The maximum atomic E-state index is 11.9. The highest BCUT2D eigenvalue weighted by atomic mass is 16.4. The van der Waals surface area contributed by atoms with Crippen molar-refractivity contribution in [1.82, 2.24) is 0 Å². The Morgan fingerprint density at radius 1 is 1.35 bits per heavy atom. The molecule has 1 saturated carbocycles. The van der Waals surface area contributed by atoms with Gasteiger partial charge in [-0.1, -0.05) is 41.0 Å². The Labute approximate surface area is 106 Å². The van der Waals surface area contributed by atoms with Crippen LogP contribution in [0, 0.1) is 22.7 Å². The summed E-state index contributed by atoms with van der Waals surface area (Å²) in [6.07, 6.45) is 4.85. The Hall–Kier alpha value is -0.530. The first kappa shape index (κ1) is 14.5. The van der Waals surface area contributed by atoms with E-state index < -0.39 is 11.4 Å². The van der Waals surface area contributed by atoms with Crippen molar-refractivity contribution >= 4 is 5.97 Å². The maximum absolute atomic E-state index is 11.9. The molecule has 0 aromatic rings. The van der Waals surface area contributed by atoms with Gasteiger partial charge in [-0.3, -0.25) is 4.79 Å². The number of hydrogen-bond donors (Lipinski definition) is 1. The third kappa shape index (κ3) is 2.00. The molecule has 0 aromatic heterocycles. The zero-order valence-corrected chi connectivity index (χ0v) is 12.0. The Morgan fingerprint density at radius 3 is 2.29 bits per heavy atom. The largest absolute Gasteiger partial charge is 0.481 e. The minimum absolute atomic E-state index is 0.0138.